The maximum absolute atomic E-state index is 13.2. The van der Waals surface area contributed by atoms with E-state index in [1.807, 2.05) is 36.1 Å². The lowest BCUT2D eigenvalue weighted by Gasteiger charge is -2.37. The summed E-state index contributed by atoms with van der Waals surface area (Å²) in [6.07, 6.45) is 2.04. The molecule has 1 amide bonds. The Labute approximate surface area is 129 Å². The first kappa shape index (κ1) is 12.9. The third kappa shape index (κ3) is 1.15. The van der Waals surface area contributed by atoms with Gasteiger partial charge in [0.25, 0.3) is 0 Å². The average Bonchev–Trinajstić information content (AvgIpc) is 3.17. The zero-order valence-electron chi connectivity index (χ0n) is 12.5. The Hall–Kier alpha value is -1.65. The van der Waals surface area contributed by atoms with E-state index in [9.17, 15) is 9.90 Å². The standard InChI is InChI=1S/C18H19NO3/c1-3-18-14-11-8-10(15(20)16(11)22-18)13(14)17(21)19(18)12-7-5-4-6-9(12)2/h3-7,10-11,13-16,20H,1,8H2,2H3. The summed E-state index contributed by atoms with van der Waals surface area (Å²) in [7, 11) is 0. The van der Waals surface area contributed by atoms with Crippen molar-refractivity contribution in [1.82, 2.24) is 0 Å². The van der Waals surface area contributed by atoms with Gasteiger partial charge in [0.1, 0.15) is 0 Å². The molecule has 2 aliphatic carbocycles. The molecule has 2 bridgehead atoms. The van der Waals surface area contributed by atoms with Crippen LogP contribution in [0, 0.1) is 30.6 Å². The summed E-state index contributed by atoms with van der Waals surface area (Å²) in [5.41, 5.74) is 1.17. The lowest BCUT2D eigenvalue weighted by atomic mass is 9.77. The largest absolute Gasteiger partial charge is 0.390 e. The van der Waals surface area contributed by atoms with Gasteiger partial charge in [-0.2, -0.15) is 0 Å². The molecule has 7 atom stereocenters. The summed E-state index contributed by atoms with van der Waals surface area (Å²) in [5.74, 6) is 0.417. The Morgan fingerprint density at radius 2 is 2.18 bits per heavy atom. The summed E-state index contributed by atoms with van der Waals surface area (Å²) in [6, 6.07) is 7.90. The van der Waals surface area contributed by atoms with Crippen molar-refractivity contribution in [2.45, 2.75) is 31.3 Å². The number of nitrogens with zero attached hydrogens (tertiary/aromatic N) is 1. The molecule has 0 spiro atoms. The minimum atomic E-state index is -0.782. The van der Waals surface area contributed by atoms with Crippen LogP contribution >= 0.6 is 0 Å². The van der Waals surface area contributed by atoms with Crippen LogP contribution < -0.4 is 4.90 Å². The van der Waals surface area contributed by atoms with Crippen molar-refractivity contribution in [2.24, 2.45) is 23.7 Å². The number of rotatable bonds is 2. The molecule has 2 aliphatic heterocycles. The molecule has 5 rings (SSSR count). The molecule has 22 heavy (non-hydrogen) atoms. The Kier molecular flexibility index (Phi) is 2.23. The molecule has 4 nitrogen and oxygen atoms in total. The van der Waals surface area contributed by atoms with Crippen LogP contribution in [0.1, 0.15) is 12.0 Å². The van der Waals surface area contributed by atoms with Crippen LogP contribution in [0.15, 0.2) is 36.9 Å². The van der Waals surface area contributed by atoms with Crippen LogP contribution in [-0.4, -0.2) is 28.9 Å². The van der Waals surface area contributed by atoms with Gasteiger partial charge < -0.3 is 9.84 Å². The van der Waals surface area contributed by atoms with Crippen molar-refractivity contribution in [1.29, 1.82) is 0 Å². The Morgan fingerprint density at radius 3 is 2.91 bits per heavy atom. The monoisotopic (exact) mass is 297 g/mol. The SMILES string of the molecule is C=CC12OC3C(O)C4CC3C1C4C(=O)N2c1ccccc1C. The average molecular weight is 297 g/mol. The number of para-hydroxylation sites is 1. The minimum Gasteiger partial charge on any atom is -0.390 e. The number of fused-ring (bicyclic) bond motifs is 2. The highest BCUT2D eigenvalue weighted by Crippen LogP contribution is 2.68. The summed E-state index contributed by atoms with van der Waals surface area (Å²) >= 11 is 0. The van der Waals surface area contributed by atoms with Gasteiger partial charge in [0.05, 0.1) is 18.1 Å². The number of aliphatic hydroxyl groups excluding tert-OH is 1. The molecular formula is C18H19NO3. The second-order valence-electron chi connectivity index (χ2n) is 7.10. The topological polar surface area (TPSA) is 49.8 Å². The first-order valence-corrected chi connectivity index (χ1v) is 7.99. The Balaban J connectivity index is 1.72. The molecule has 2 saturated carbocycles. The van der Waals surface area contributed by atoms with Crippen molar-refractivity contribution in [3.8, 4) is 0 Å². The van der Waals surface area contributed by atoms with Crippen LogP contribution in [0.3, 0.4) is 0 Å². The van der Waals surface area contributed by atoms with Gasteiger partial charge >= 0.3 is 0 Å². The number of carbonyl (C=O) groups excluding carboxylic acids is 1. The number of ether oxygens (including phenoxy) is 1. The molecule has 0 radical (unpaired) electrons. The van der Waals surface area contributed by atoms with E-state index in [0.29, 0.717) is 0 Å². The number of hydrogen-bond donors (Lipinski definition) is 1. The van der Waals surface area contributed by atoms with E-state index in [-0.39, 0.29) is 35.7 Å². The van der Waals surface area contributed by atoms with Crippen LogP contribution in [0.2, 0.25) is 0 Å². The lowest BCUT2D eigenvalue weighted by Crippen LogP contribution is -2.50. The Morgan fingerprint density at radius 1 is 1.41 bits per heavy atom. The lowest BCUT2D eigenvalue weighted by molar-refractivity contribution is -0.130. The van der Waals surface area contributed by atoms with Crippen molar-refractivity contribution < 1.29 is 14.6 Å². The predicted molar refractivity (Wildman–Crippen MR) is 81.0 cm³/mol. The van der Waals surface area contributed by atoms with Crippen LogP contribution in [0.4, 0.5) is 5.69 Å². The molecule has 2 saturated heterocycles. The van der Waals surface area contributed by atoms with Crippen molar-refractivity contribution >= 4 is 11.6 Å². The third-order valence-electron chi connectivity index (χ3n) is 6.36. The number of aliphatic hydroxyl groups is 1. The summed E-state index contributed by atoms with van der Waals surface area (Å²) in [6.45, 7) is 6.00. The second kappa shape index (κ2) is 3.81. The van der Waals surface area contributed by atoms with Gasteiger partial charge in [-0.05, 0) is 42.9 Å². The molecular weight excluding hydrogens is 278 g/mol. The highest BCUT2D eigenvalue weighted by Gasteiger charge is 2.77. The zero-order valence-corrected chi connectivity index (χ0v) is 12.5. The fraction of sp³-hybridized carbons (Fsp3) is 0.500. The number of carbonyl (C=O) groups is 1. The van der Waals surface area contributed by atoms with E-state index in [0.717, 1.165) is 17.7 Å². The summed E-state index contributed by atoms with van der Waals surface area (Å²) in [5, 5.41) is 10.4. The van der Waals surface area contributed by atoms with Gasteiger partial charge in [-0.15, -0.1) is 0 Å². The molecule has 4 aliphatic rings. The highest BCUT2D eigenvalue weighted by atomic mass is 16.6. The van der Waals surface area contributed by atoms with Gasteiger partial charge in [0.15, 0.2) is 5.72 Å². The van der Waals surface area contributed by atoms with E-state index >= 15 is 0 Å². The smallest absolute Gasteiger partial charge is 0.233 e. The second-order valence-corrected chi connectivity index (χ2v) is 7.10. The molecule has 4 fully saturated rings. The number of hydrogen-bond acceptors (Lipinski definition) is 3. The van der Waals surface area contributed by atoms with Gasteiger partial charge in [-0.1, -0.05) is 24.8 Å². The van der Waals surface area contributed by atoms with E-state index in [2.05, 4.69) is 6.58 Å². The number of amides is 1. The van der Waals surface area contributed by atoms with Gasteiger partial charge in [0.2, 0.25) is 5.91 Å². The summed E-state index contributed by atoms with van der Waals surface area (Å²) in [4.78, 5) is 15.0. The molecule has 114 valence electrons. The number of benzene rings is 1. The third-order valence-corrected chi connectivity index (χ3v) is 6.36. The highest BCUT2D eigenvalue weighted by molar-refractivity contribution is 6.01. The van der Waals surface area contributed by atoms with Gasteiger partial charge in [-0.3, -0.25) is 9.69 Å². The first-order chi connectivity index (χ1) is 10.6. The first-order valence-electron chi connectivity index (χ1n) is 7.99. The van der Waals surface area contributed by atoms with Crippen molar-refractivity contribution in [2.75, 3.05) is 4.90 Å². The van der Waals surface area contributed by atoms with E-state index < -0.39 is 11.8 Å². The van der Waals surface area contributed by atoms with E-state index in [4.69, 9.17) is 4.74 Å². The predicted octanol–water partition coefficient (Wildman–Crippen LogP) is 1.87. The molecule has 7 unspecified atom stereocenters. The minimum absolute atomic E-state index is 0.0448. The van der Waals surface area contributed by atoms with Gasteiger partial charge in [0, 0.05) is 11.6 Å². The molecule has 1 aromatic rings. The van der Waals surface area contributed by atoms with E-state index in [1.54, 1.807) is 6.08 Å². The van der Waals surface area contributed by atoms with E-state index in [1.165, 1.54) is 0 Å². The number of anilines is 1. The molecule has 0 aromatic heterocycles. The maximum Gasteiger partial charge on any atom is 0.233 e. The van der Waals surface area contributed by atoms with Gasteiger partial charge in [-0.25, -0.2) is 0 Å². The molecule has 1 N–H and O–H groups in total. The van der Waals surface area contributed by atoms with Crippen LogP contribution in [-0.2, 0) is 9.53 Å². The fourth-order valence-electron chi connectivity index (χ4n) is 5.60. The van der Waals surface area contributed by atoms with Crippen LogP contribution in [0.25, 0.3) is 0 Å². The fourth-order valence-corrected chi connectivity index (χ4v) is 5.60. The van der Waals surface area contributed by atoms with Crippen molar-refractivity contribution in [3.05, 3.63) is 42.5 Å². The molecule has 2 heterocycles. The normalized spacial score (nSPS) is 47.5. The van der Waals surface area contributed by atoms with Crippen molar-refractivity contribution in [3.63, 3.8) is 0 Å². The number of aryl methyl sites for hydroxylation is 1. The molecule has 4 heteroatoms. The Bertz CT molecular complexity index is 701. The maximum atomic E-state index is 13.2. The summed E-state index contributed by atoms with van der Waals surface area (Å²) < 4.78 is 6.31. The van der Waals surface area contributed by atoms with Crippen LogP contribution in [0.5, 0.6) is 0 Å². The zero-order chi connectivity index (χ0) is 15.2. The quantitative estimate of drug-likeness (QED) is 0.848. The molecule has 1 aromatic carbocycles.